The van der Waals surface area contributed by atoms with E-state index in [1.54, 1.807) is 44.4 Å². The van der Waals surface area contributed by atoms with Crippen molar-refractivity contribution in [1.29, 1.82) is 0 Å². The van der Waals surface area contributed by atoms with E-state index in [0.29, 0.717) is 54.7 Å². The molecule has 11 heteroatoms. The number of aromatic nitrogens is 1. The second kappa shape index (κ2) is 14.0. The number of halogens is 1. The third kappa shape index (κ3) is 6.34. The van der Waals surface area contributed by atoms with Crippen LogP contribution in [0, 0.1) is 15.9 Å². The van der Waals surface area contributed by atoms with Crippen molar-refractivity contribution < 1.29 is 28.5 Å². The monoisotopic (exact) mass is 736 g/mol. The highest BCUT2D eigenvalue weighted by molar-refractivity contribution is 14.1. The Kier molecular flexibility index (Phi) is 9.95. The van der Waals surface area contributed by atoms with Crippen molar-refractivity contribution in [3.8, 4) is 35.3 Å². The summed E-state index contributed by atoms with van der Waals surface area (Å²) in [7, 11) is 4.61. The Morgan fingerprint density at radius 2 is 1.78 bits per heavy atom. The first-order valence-electron chi connectivity index (χ1n) is 13.8. The molecule has 2 heterocycles. The van der Waals surface area contributed by atoms with E-state index in [4.69, 9.17) is 35.1 Å². The summed E-state index contributed by atoms with van der Waals surface area (Å²) in [6.45, 7) is 1.97. The molecule has 0 spiro atoms. The number of thiazole rings is 1. The lowest BCUT2D eigenvalue weighted by atomic mass is 9.93. The minimum absolute atomic E-state index is 0.0903. The number of hydrogen-bond donors (Lipinski definition) is 0. The van der Waals surface area contributed by atoms with E-state index in [1.807, 2.05) is 36.4 Å². The first kappa shape index (κ1) is 31.9. The Morgan fingerprint density at radius 3 is 2.44 bits per heavy atom. The Labute approximate surface area is 277 Å². The molecule has 0 amide bonds. The summed E-state index contributed by atoms with van der Waals surface area (Å²) in [4.78, 5) is 33.3. The zero-order valence-electron chi connectivity index (χ0n) is 25.0. The topological polar surface area (TPSA) is 97.6 Å². The van der Waals surface area contributed by atoms with Crippen LogP contribution in [0.1, 0.15) is 29.7 Å². The molecule has 0 saturated carbocycles. The predicted molar refractivity (Wildman–Crippen MR) is 181 cm³/mol. The van der Waals surface area contributed by atoms with Crippen LogP contribution < -0.4 is 33.8 Å². The molecular weight excluding hydrogens is 707 g/mol. The van der Waals surface area contributed by atoms with Crippen LogP contribution in [0.5, 0.6) is 23.0 Å². The third-order valence-electron chi connectivity index (χ3n) is 6.95. The molecule has 0 N–H and O–H groups in total. The van der Waals surface area contributed by atoms with Crippen LogP contribution in [-0.4, -0.2) is 45.1 Å². The lowest BCUT2D eigenvalue weighted by Gasteiger charge is -2.26. The standard InChI is InChI=1S/C34H29IN2O7S/c1-6-15-44-31-23(35)16-20(17-26(31)42-5)18-27-32(38)37-30(22-13-14-24(40-3)25(19-22)41-4)28(33(39)43-7-2)29(36-34(37)45-27)21-11-9-8-10-12-21/h1,8-14,16-19,30H,7,15H2,2-5H3/b27-18-/t30-/m0/s1. The van der Waals surface area contributed by atoms with Crippen LogP contribution in [0.3, 0.4) is 0 Å². The average molecular weight is 737 g/mol. The first-order chi connectivity index (χ1) is 21.8. The zero-order chi connectivity index (χ0) is 32.1. The quantitative estimate of drug-likeness (QED) is 0.134. The molecule has 0 radical (unpaired) electrons. The van der Waals surface area contributed by atoms with Crippen molar-refractivity contribution in [2.45, 2.75) is 13.0 Å². The van der Waals surface area contributed by atoms with Gasteiger partial charge in [-0.05, 0) is 71.0 Å². The summed E-state index contributed by atoms with van der Waals surface area (Å²) in [5.74, 6) is 3.85. The molecule has 5 rings (SSSR count). The highest BCUT2D eigenvalue weighted by Gasteiger charge is 2.35. The molecule has 0 saturated heterocycles. The number of ether oxygens (including phenoxy) is 5. The number of esters is 1. The fraction of sp³-hybridized carbons (Fsp3) is 0.206. The Balaban J connectivity index is 1.80. The molecular formula is C34H29IN2O7S. The normalized spacial score (nSPS) is 14.2. The van der Waals surface area contributed by atoms with Crippen LogP contribution in [0.4, 0.5) is 0 Å². The van der Waals surface area contributed by atoms with Gasteiger partial charge >= 0.3 is 5.97 Å². The maximum absolute atomic E-state index is 14.3. The van der Waals surface area contributed by atoms with Gasteiger partial charge in [0.05, 0.1) is 53.4 Å². The average Bonchev–Trinajstić information content (AvgIpc) is 3.37. The Hall–Kier alpha value is -4.54. The van der Waals surface area contributed by atoms with Gasteiger partial charge in [0.2, 0.25) is 0 Å². The molecule has 0 aliphatic carbocycles. The number of methoxy groups -OCH3 is 3. The first-order valence-corrected chi connectivity index (χ1v) is 15.7. The van der Waals surface area contributed by atoms with Crippen molar-refractivity contribution >= 4 is 51.7 Å². The number of nitrogens with zero attached hydrogens (tertiary/aromatic N) is 2. The van der Waals surface area contributed by atoms with Gasteiger partial charge in [-0.25, -0.2) is 9.79 Å². The lowest BCUT2D eigenvalue weighted by Crippen LogP contribution is -2.40. The molecule has 3 aromatic carbocycles. The summed E-state index contributed by atoms with van der Waals surface area (Å²) in [6.07, 6.45) is 7.14. The van der Waals surface area contributed by atoms with Gasteiger partial charge in [0.1, 0.15) is 6.61 Å². The van der Waals surface area contributed by atoms with Gasteiger partial charge in [-0.3, -0.25) is 9.36 Å². The highest BCUT2D eigenvalue weighted by atomic mass is 127. The van der Waals surface area contributed by atoms with Gasteiger partial charge < -0.3 is 23.7 Å². The molecule has 4 aromatic rings. The smallest absolute Gasteiger partial charge is 0.338 e. The van der Waals surface area contributed by atoms with Crippen molar-refractivity contribution in [2.75, 3.05) is 34.5 Å². The summed E-state index contributed by atoms with van der Waals surface area (Å²) in [6, 6.07) is 17.5. The minimum Gasteiger partial charge on any atom is -0.493 e. The van der Waals surface area contributed by atoms with E-state index in [2.05, 4.69) is 28.5 Å². The molecule has 45 heavy (non-hydrogen) atoms. The number of carbonyl (C=O) groups excluding carboxylic acids is 1. The molecule has 1 aromatic heterocycles. The number of carbonyl (C=O) groups is 1. The number of fused-ring (bicyclic) bond motifs is 1. The fourth-order valence-corrected chi connectivity index (χ4v) is 6.79. The van der Waals surface area contributed by atoms with Crippen molar-refractivity contribution in [2.24, 2.45) is 4.99 Å². The van der Waals surface area contributed by atoms with E-state index >= 15 is 0 Å². The Bertz CT molecular complexity index is 2010. The second-order valence-corrected chi connectivity index (χ2v) is 11.7. The van der Waals surface area contributed by atoms with Crippen molar-refractivity contribution in [3.63, 3.8) is 0 Å². The highest BCUT2D eigenvalue weighted by Crippen LogP contribution is 2.39. The number of terminal acetylenes is 1. The molecule has 1 atom stereocenters. The largest absolute Gasteiger partial charge is 0.493 e. The number of rotatable bonds is 10. The van der Waals surface area contributed by atoms with Crippen LogP contribution in [0.25, 0.3) is 11.8 Å². The molecule has 0 unspecified atom stereocenters. The van der Waals surface area contributed by atoms with Gasteiger partial charge in [0.15, 0.2) is 27.8 Å². The van der Waals surface area contributed by atoms with Gasteiger partial charge in [-0.15, -0.1) is 6.42 Å². The van der Waals surface area contributed by atoms with E-state index < -0.39 is 12.0 Å². The van der Waals surface area contributed by atoms with E-state index in [-0.39, 0.29) is 24.3 Å². The predicted octanol–water partition coefficient (Wildman–Crippen LogP) is 4.58. The second-order valence-electron chi connectivity index (χ2n) is 9.57. The number of hydrogen-bond acceptors (Lipinski definition) is 9. The van der Waals surface area contributed by atoms with Crippen molar-refractivity contribution in [3.05, 3.63) is 106 Å². The summed E-state index contributed by atoms with van der Waals surface area (Å²) in [5.41, 5.74) is 2.39. The van der Waals surface area contributed by atoms with Crippen molar-refractivity contribution in [1.82, 2.24) is 4.57 Å². The summed E-state index contributed by atoms with van der Waals surface area (Å²) in [5, 5.41) is 0. The van der Waals surface area contributed by atoms with E-state index in [1.165, 1.54) is 30.1 Å². The maximum atomic E-state index is 14.3. The van der Waals surface area contributed by atoms with Gasteiger partial charge in [0.25, 0.3) is 5.56 Å². The van der Waals surface area contributed by atoms with E-state index in [9.17, 15) is 9.59 Å². The van der Waals surface area contributed by atoms with Crippen LogP contribution in [0.2, 0.25) is 0 Å². The maximum Gasteiger partial charge on any atom is 0.338 e. The Morgan fingerprint density at radius 1 is 1.04 bits per heavy atom. The minimum atomic E-state index is -0.869. The van der Waals surface area contributed by atoms with Crippen LogP contribution in [-0.2, 0) is 9.53 Å². The lowest BCUT2D eigenvalue weighted by molar-refractivity contribution is -0.138. The van der Waals surface area contributed by atoms with Crippen LogP contribution >= 0.6 is 33.9 Å². The third-order valence-corrected chi connectivity index (χ3v) is 8.73. The summed E-state index contributed by atoms with van der Waals surface area (Å²) < 4.78 is 30.5. The summed E-state index contributed by atoms with van der Waals surface area (Å²) >= 11 is 3.36. The van der Waals surface area contributed by atoms with Crippen LogP contribution in [0.15, 0.2) is 76.0 Å². The van der Waals surface area contributed by atoms with Gasteiger partial charge in [0, 0.05) is 5.56 Å². The fourth-order valence-electron chi connectivity index (χ4n) is 5.01. The zero-order valence-corrected chi connectivity index (χ0v) is 27.9. The van der Waals surface area contributed by atoms with Gasteiger partial charge in [-0.1, -0.05) is 53.7 Å². The SMILES string of the molecule is C#CCOc1c(I)cc(/C=c2\sc3n(c2=O)[C@@H](c2ccc(OC)c(OC)c2)C(C(=O)OCC)=C(c2ccccc2)N=3)cc1OC. The molecule has 1 aliphatic heterocycles. The number of benzene rings is 3. The van der Waals surface area contributed by atoms with E-state index in [0.717, 1.165) is 3.57 Å². The molecule has 230 valence electrons. The molecule has 0 bridgehead atoms. The molecule has 0 fully saturated rings. The van der Waals surface area contributed by atoms with Gasteiger partial charge in [-0.2, -0.15) is 0 Å². The molecule has 1 aliphatic rings. The molecule has 9 nitrogen and oxygen atoms in total.